The van der Waals surface area contributed by atoms with Crippen molar-refractivity contribution in [1.82, 2.24) is 0 Å². The Hall–Kier alpha value is 1.11. The standard InChI is InChI=1S/C4H8O2.K.H/c1-2-3-4(5)6;;/h2-3H2,1H3,(H,5,6);;. The second-order valence-corrected chi connectivity index (χ2v) is 1.14. The topological polar surface area (TPSA) is 37.3 Å². The molecule has 0 aliphatic heterocycles. The first-order valence-corrected chi connectivity index (χ1v) is 1.99. The summed E-state index contributed by atoms with van der Waals surface area (Å²) in [5.41, 5.74) is 0. The monoisotopic (exact) mass is 128 g/mol. The molecule has 0 fully saturated rings. The van der Waals surface area contributed by atoms with E-state index in [0.29, 0.717) is 6.42 Å². The van der Waals surface area contributed by atoms with Crippen molar-refractivity contribution in [3.8, 4) is 0 Å². The fraction of sp³-hybridized carbons (Fsp3) is 0.750. The average Bonchev–Trinajstić information content (AvgIpc) is 1.35. The van der Waals surface area contributed by atoms with Gasteiger partial charge in [0.15, 0.2) is 0 Å². The Morgan fingerprint density at radius 3 is 2.14 bits per heavy atom. The van der Waals surface area contributed by atoms with Gasteiger partial charge in [0.1, 0.15) is 0 Å². The number of carboxylic acids is 1. The average molecular weight is 128 g/mol. The van der Waals surface area contributed by atoms with E-state index in [9.17, 15) is 4.79 Å². The maximum absolute atomic E-state index is 9.60. The van der Waals surface area contributed by atoms with E-state index in [2.05, 4.69) is 0 Å². The molecule has 38 valence electrons. The molecule has 0 unspecified atom stereocenters. The van der Waals surface area contributed by atoms with Crippen molar-refractivity contribution in [2.45, 2.75) is 19.8 Å². The molecule has 0 rings (SSSR count). The van der Waals surface area contributed by atoms with Gasteiger partial charge in [0.25, 0.3) is 0 Å². The molecule has 0 saturated heterocycles. The van der Waals surface area contributed by atoms with Gasteiger partial charge in [-0.2, -0.15) is 0 Å². The van der Waals surface area contributed by atoms with Crippen molar-refractivity contribution in [2.75, 3.05) is 0 Å². The summed E-state index contributed by atoms with van der Waals surface area (Å²) in [4.78, 5) is 9.60. The maximum atomic E-state index is 9.60. The van der Waals surface area contributed by atoms with Crippen molar-refractivity contribution < 1.29 is 9.90 Å². The van der Waals surface area contributed by atoms with Gasteiger partial charge in [-0.25, -0.2) is 0 Å². The van der Waals surface area contributed by atoms with Crippen molar-refractivity contribution in [2.24, 2.45) is 0 Å². The summed E-state index contributed by atoms with van der Waals surface area (Å²) in [5.74, 6) is -0.711. The number of hydrogen-bond acceptors (Lipinski definition) is 1. The first-order valence-electron chi connectivity index (χ1n) is 1.99. The molecule has 0 bridgehead atoms. The Kier molecular flexibility index (Phi) is 11.1. The van der Waals surface area contributed by atoms with Crippen LogP contribution < -0.4 is 0 Å². The van der Waals surface area contributed by atoms with Gasteiger partial charge < -0.3 is 5.11 Å². The van der Waals surface area contributed by atoms with Crippen molar-refractivity contribution in [3.63, 3.8) is 0 Å². The molecule has 0 heterocycles. The predicted molar refractivity (Wildman–Crippen MR) is 29.7 cm³/mol. The molecular formula is C4H9KO2. The van der Waals surface area contributed by atoms with Crippen LogP contribution in [0.2, 0.25) is 0 Å². The van der Waals surface area contributed by atoms with Crippen LogP contribution in [0.25, 0.3) is 0 Å². The van der Waals surface area contributed by atoms with Crippen molar-refractivity contribution >= 4 is 57.4 Å². The number of rotatable bonds is 2. The molecular weight excluding hydrogens is 119 g/mol. The second kappa shape index (κ2) is 7.11. The molecule has 0 amide bonds. The molecule has 0 atom stereocenters. The normalized spacial score (nSPS) is 7.00. The molecule has 7 heavy (non-hydrogen) atoms. The van der Waals surface area contributed by atoms with Crippen LogP contribution in [0.15, 0.2) is 0 Å². The number of hydrogen-bond donors (Lipinski definition) is 1. The molecule has 0 saturated carbocycles. The van der Waals surface area contributed by atoms with Crippen LogP contribution in [0.1, 0.15) is 19.8 Å². The van der Waals surface area contributed by atoms with E-state index in [0.717, 1.165) is 6.42 Å². The molecule has 0 aromatic carbocycles. The molecule has 0 aliphatic rings. The van der Waals surface area contributed by atoms with Crippen LogP contribution in [-0.2, 0) is 4.79 Å². The van der Waals surface area contributed by atoms with Gasteiger partial charge in [-0.3, -0.25) is 4.79 Å². The van der Waals surface area contributed by atoms with E-state index in [4.69, 9.17) is 5.11 Å². The zero-order valence-electron chi connectivity index (χ0n) is 3.77. The zero-order chi connectivity index (χ0) is 4.99. The van der Waals surface area contributed by atoms with Crippen LogP contribution in [-0.4, -0.2) is 62.5 Å². The van der Waals surface area contributed by atoms with E-state index in [1.165, 1.54) is 0 Å². The minimum atomic E-state index is -0.711. The quantitative estimate of drug-likeness (QED) is 0.540. The van der Waals surface area contributed by atoms with Crippen LogP contribution in [0.4, 0.5) is 0 Å². The number of carbonyl (C=O) groups is 1. The van der Waals surface area contributed by atoms with E-state index < -0.39 is 5.97 Å². The summed E-state index contributed by atoms with van der Waals surface area (Å²) in [7, 11) is 0. The van der Waals surface area contributed by atoms with Gasteiger partial charge in [0, 0.05) is 6.42 Å². The van der Waals surface area contributed by atoms with Gasteiger partial charge in [-0.15, -0.1) is 0 Å². The Morgan fingerprint density at radius 1 is 1.71 bits per heavy atom. The fourth-order valence-corrected chi connectivity index (χ4v) is 0.214. The fourth-order valence-electron chi connectivity index (χ4n) is 0.214. The molecule has 0 aliphatic carbocycles. The van der Waals surface area contributed by atoms with Crippen molar-refractivity contribution in [3.05, 3.63) is 0 Å². The van der Waals surface area contributed by atoms with E-state index in [-0.39, 0.29) is 51.4 Å². The van der Waals surface area contributed by atoms with Gasteiger partial charge in [0.2, 0.25) is 0 Å². The summed E-state index contributed by atoms with van der Waals surface area (Å²) in [5, 5.41) is 7.91. The second-order valence-electron chi connectivity index (χ2n) is 1.14. The summed E-state index contributed by atoms with van der Waals surface area (Å²) in [6.07, 6.45) is 1.02. The minimum absolute atomic E-state index is 0. The zero-order valence-corrected chi connectivity index (χ0v) is 3.77. The number of carboxylic acid groups (broad SMARTS) is 1. The first-order chi connectivity index (χ1) is 2.77. The summed E-state index contributed by atoms with van der Waals surface area (Å²) in [6, 6.07) is 0. The summed E-state index contributed by atoms with van der Waals surface area (Å²) in [6.45, 7) is 1.84. The third kappa shape index (κ3) is 11.0. The third-order valence-corrected chi connectivity index (χ3v) is 0.464. The van der Waals surface area contributed by atoms with E-state index in [1.807, 2.05) is 6.92 Å². The Labute approximate surface area is 85.7 Å². The predicted octanol–water partition coefficient (Wildman–Crippen LogP) is 0.223. The molecule has 0 aromatic rings. The molecule has 0 spiro atoms. The molecule has 0 radical (unpaired) electrons. The van der Waals surface area contributed by atoms with Crippen LogP contribution >= 0.6 is 0 Å². The molecule has 0 aromatic heterocycles. The van der Waals surface area contributed by atoms with Gasteiger partial charge >= 0.3 is 57.4 Å². The summed E-state index contributed by atoms with van der Waals surface area (Å²) >= 11 is 0. The first kappa shape index (κ1) is 11.0. The van der Waals surface area contributed by atoms with Crippen LogP contribution in [0.5, 0.6) is 0 Å². The molecule has 3 heteroatoms. The Balaban J connectivity index is 0. The van der Waals surface area contributed by atoms with Gasteiger partial charge in [0.05, 0.1) is 0 Å². The molecule has 1 N–H and O–H groups in total. The van der Waals surface area contributed by atoms with Gasteiger partial charge in [-0.1, -0.05) is 6.92 Å². The van der Waals surface area contributed by atoms with E-state index in [1.54, 1.807) is 0 Å². The SMILES string of the molecule is CCCC(=O)O.[KH]. The van der Waals surface area contributed by atoms with Crippen molar-refractivity contribution in [1.29, 1.82) is 0 Å². The number of aliphatic carboxylic acids is 1. The van der Waals surface area contributed by atoms with Crippen LogP contribution in [0.3, 0.4) is 0 Å². The third-order valence-electron chi connectivity index (χ3n) is 0.464. The Bertz CT molecular complexity index is 53.7. The van der Waals surface area contributed by atoms with E-state index >= 15 is 0 Å². The van der Waals surface area contributed by atoms with Crippen LogP contribution in [0, 0.1) is 0 Å². The Morgan fingerprint density at radius 2 is 2.14 bits per heavy atom. The molecule has 2 nitrogen and oxygen atoms in total. The van der Waals surface area contributed by atoms with Gasteiger partial charge in [-0.05, 0) is 6.42 Å². The summed E-state index contributed by atoms with van der Waals surface area (Å²) < 4.78 is 0.